The fourth-order valence-corrected chi connectivity index (χ4v) is 11.0. The van der Waals surface area contributed by atoms with Gasteiger partial charge in [0.05, 0.1) is 22.4 Å². The Labute approximate surface area is 364 Å². The van der Waals surface area contributed by atoms with Gasteiger partial charge >= 0.3 is 0 Å². The molecule has 62 heavy (non-hydrogen) atoms. The zero-order chi connectivity index (χ0) is 41.7. The monoisotopic (exact) mass is 794 g/mol. The summed E-state index contributed by atoms with van der Waals surface area (Å²) in [5.41, 5.74) is 22.3. The molecule has 0 saturated carbocycles. The smallest absolute Gasteiger partial charge is 0.0547 e. The molecule has 2 nitrogen and oxygen atoms in total. The molecule has 0 amide bonds. The first-order valence-corrected chi connectivity index (χ1v) is 21.9. The highest BCUT2D eigenvalue weighted by Crippen LogP contribution is 2.56. The van der Waals surface area contributed by atoms with Crippen molar-refractivity contribution in [3.63, 3.8) is 0 Å². The van der Waals surface area contributed by atoms with E-state index in [1.165, 1.54) is 94.3 Å². The summed E-state index contributed by atoms with van der Waals surface area (Å²) in [5, 5.41) is 2.50. The Morgan fingerprint density at radius 3 is 1.77 bits per heavy atom. The van der Waals surface area contributed by atoms with Gasteiger partial charge in [-0.3, -0.25) is 0 Å². The van der Waals surface area contributed by atoms with Gasteiger partial charge in [-0.05, 0) is 110 Å². The standard InChI is InChI=1S/C60H46N2/c1-59(2)50-29-13-9-25-47(50)58-51(59)30-18-34-56(58)62(53-31-14-10-23-43(53)40-35-36-46-45-24-8-12-28-49(45)60(3,4)52(46)38-40)42-22-16-19-39(37-42)44-27-17-33-55-57(44)48-26-11-15-32-54(48)61(55)41-20-6-5-7-21-41/h5-38H,1-4H3. The zero-order valence-electron chi connectivity index (χ0n) is 35.5. The van der Waals surface area contributed by atoms with Gasteiger partial charge in [-0.15, -0.1) is 0 Å². The van der Waals surface area contributed by atoms with E-state index in [2.05, 4.69) is 243 Å². The van der Waals surface area contributed by atoms with E-state index in [-0.39, 0.29) is 10.8 Å². The Morgan fingerprint density at radius 1 is 0.371 bits per heavy atom. The third kappa shape index (κ3) is 5.23. The van der Waals surface area contributed by atoms with Crippen molar-refractivity contribution in [2.45, 2.75) is 38.5 Å². The third-order valence-electron chi connectivity index (χ3n) is 14.0. The second kappa shape index (κ2) is 13.5. The van der Waals surface area contributed by atoms with Gasteiger partial charge in [0.2, 0.25) is 0 Å². The van der Waals surface area contributed by atoms with Crippen LogP contribution in [0.4, 0.5) is 17.1 Å². The number of rotatable bonds is 6. The summed E-state index contributed by atoms with van der Waals surface area (Å²) in [6, 6.07) is 76.6. The molecule has 0 spiro atoms. The van der Waals surface area contributed by atoms with Crippen LogP contribution < -0.4 is 4.90 Å². The van der Waals surface area contributed by atoms with Crippen LogP contribution in [0.5, 0.6) is 0 Å². The zero-order valence-corrected chi connectivity index (χ0v) is 35.5. The number of hydrogen-bond acceptors (Lipinski definition) is 1. The van der Waals surface area contributed by atoms with Gasteiger partial charge in [0.1, 0.15) is 0 Å². The van der Waals surface area contributed by atoms with Crippen LogP contribution in [0, 0.1) is 0 Å². The Hall–Kier alpha value is -7.42. The second-order valence-electron chi connectivity index (χ2n) is 18.1. The van der Waals surface area contributed by atoms with Crippen LogP contribution in [0.1, 0.15) is 49.9 Å². The maximum absolute atomic E-state index is 2.54. The molecular formula is C60H46N2. The van der Waals surface area contributed by atoms with E-state index < -0.39 is 0 Å². The fraction of sp³-hybridized carbons (Fsp3) is 0.100. The molecule has 0 atom stereocenters. The highest BCUT2D eigenvalue weighted by molar-refractivity contribution is 6.16. The average molecular weight is 795 g/mol. The van der Waals surface area contributed by atoms with E-state index in [4.69, 9.17) is 0 Å². The number of hydrogen-bond donors (Lipinski definition) is 0. The Kier molecular flexibility index (Phi) is 7.96. The number of para-hydroxylation sites is 3. The highest BCUT2D eigenvalue weighted by Gasteiger charge is 2.39. The van der Waals surface area contributed by atoms with Crippen molar-refractivity contribution in [2.75, 3.05) is 4.90 Å². The molecular weight excluding hydrogens is 749 g/mol. The van der Waals surface area contributed by atoms with Crippen LogP contribution >= 0.6 is 0 Å². The van der Waals surface area contributed by atoms with Gasteiger partial charge in [0.15, 0.2) is 0 Å². The van der Waals surface area contributed by atoms with Crippen LogP contribution in [0.3, 0.4) is 0 Å². The van der Waals surface area contributed by atoms with Gasteiger partial charge in [-0.25, -0.2) is 0 Å². The van der Waals surface area contributed by atoms with E-state index in [0.29, 0.717) is 0 Å². The summed E-state index contributed by atoms with van der Waals surface area (Å²) >= 11 is 0. The van der Waals surface area contributed by atoms with Gasteiger partial charge in [-0.2, -0.15) is 0 Å². The molecule has 0 radical (unpaired) electrons. The molecule has 10 aromatic rings. The van der Waals surface area contributed by atoms with E-state index >= 15 is 0 Å². The molecule has 2 aliphatic rings. The number of nitrogens with zero attached hydrogens (tertiary/aromatic N) is 2. The fourth-order valence-electron chi connectivity index (χ4n) is 11.0. The summed E-state index contributed by atoms with van der Waals surface area (Å²) < 4.78 is 2.41. The minimum atomic E-state index is -0.141. The van der Waals surface area contributed by atoms with Crippen molar-refractivity contribution in [1.82, 2.24) is 4.57 Å². The van der Waals surface area contributed by atoms with Crippen LogP contribution in [0.25, 0.3) is 72.0 Å². The SMILES string of the molecule is CC1(C)c2ccccc2-c2ccc(-c3ccccc3N(c3cccc(-c4cccc5c4c4ccccc4n5-c4ccccc4)c3)c3cccc4c3-c3ccccc3C4(C)C)cc21. The molecule has 2 aliphatic carbocycles. The third-order valence-corrected chi connectivity index (χ3v) is 14.0. The number of aromatic nitrogens is 1. The number of anilines is 3. The first-order valence-electron chi connectivity index (χ1n) is 21.9. The molecule has 0 unspecified atom stereocenters. The largest absolute Gasteiger partial charge is 0.309 e. The quantitative estimate of drug-likeness (QED) is 0.163. The predicted octanol–water partition coefficient (Wildman–Crippen LogP) is 16.2. The van der Waals surface area contributed by atoms with Crippen molar-refractivity contribution in [1.29, 1.82) is 0 Å². The lowest BCUT2D eigenvalue weighted by molar-refractivity contribution is 0.660. The topological polar surface area (TPSA) is 8.17 Å². The number of fused-ring (bicyclic) bond motifs is 9. The molecule has 0 bridgehead atoms. The Bertz CT molecular complexity index is 3420. The van der Waals surface area contributed by atoms with E-state index in [0.717, 1.165) is 17.1 Å². The molecule has 12 rings (SSSR count). The van der Waals surface area contributed by atoms with Crippen molar-refractivity contribution < 1.29 is 0 Å². The van der Waals surface area contributed by atoms with E-state index in [1.807, 2.05) is 0 Å². The molecule has 1 heterocycles. The molecule has 0 fully saturated rings. The maximum atomic E-state index is 2.54. The molecule has 9 aromatic carbocycles. The minimum Gasteiger partial charge on any atom is -0.309 e. The summed E-state index contributed by atoms with van der Waals surface area (Å²) in [4.78, 5) is 2.54. The van der Waals surface area contributed by atoms with Crippen LogP contribution in [0.2, 0.25) is 0 Å². The summed E-state index contributed by atoms with van der Waals surface area (Å²) in [5.74, 6) is 0. The Morgan fingerprint density at radius 2 is 0.935 bits per heavy atom. The van der Waals surface area contributed by atoms with Gasteiger partial charge < -0.3 is 9.47 Å². The van der Waals surface area contributed by atoms with Crippen LogP contribution in [0.15, 0.2) is 206 Å². The molecule has 1 aromatic heterocycles. The maximum Gasteiger partial charge on any atom is 0.0547 e. The van der Waals surface area contributed by atoms with Crippen LogP contribution in [-0.2, 0) is 10.8 Å². The molecule has 0 aliphatic heterocycles. The lowest BCUT2D eigenvalue weighted by Gasteiger charge is -2.31. The second-order valence-corrected chi connectivity index (χ2v) is 18.1. The molecule has 0 N–H and O–H groups in total. The summed E-state index contributed by atoms with van der Waals surface area (Å²) in [6.07, 6.45) is 0. The molecule has 0 saturated heterocycles. The van der Waals surface area contributed by atoms with Crippen molar-refractivity contribution in [2.24, 2.45) is 0 Å². The van der Waals surface area contributed by atoms with Crippen molar-refractivity contribution in [3.8, 4) is 50.2 Å². The Balaban J connectivity index is 1.10. The summed E-state index contributed by atoms with van der Waals surface area (Å²) in [6.45, 7) is 9.49. The molecule has 2 heteroatoms. The summed E-state index contributed by atoms with van der Waals surface area (Å²) in [7, 11) is 0. The highest BCUT2D eigenvalue weighted by atomic mass is 15.1. The first kappa shape index (κ1) is 36.4. The van der Waals surface area contributed by atoms with E-state index in [1.54, 1.807) is 0 Å². The first-order chi connectivity index (χ1) is 30.3. The van der Waals surface area contributed by atoms with Gasteiger partial charge in [0, 0.05) is 44.1 Å². The van der Waals surface area contributed by atoms with Crippen molar-refractivity contribution in [3.05, 3.63) is 229 Å². The lowest BCUT2D eigenvalue weighted by Crippen LogP contribution is -2.16. The van der Waals surface area contributed by atoms with Crippen molar-refractivity contribution >= 4 is 38.9 Å². The predicted molar refractivity (Wildman–Crippen MR) is 261 cm³/mol. The van der Waals surface area contributed by atoms with Gasteiger partial charge in [0.25, 0.3) is 0 Å². The van der Waals surface area contributed by atoms with Crippen LogP contribution in [-0.4, -0.2) is 4.57 Å². The number of benzene rings is 9. The average Bonchev–Trinajstić information content (AvgIpc) is 3.87. The lowest BCUT2D eigenvalue weighted by atomic mass is 9.81. The van der Waals surface area contributed by atoms with E-state index in [9.17, 15) is 0 Å². The minimum absolute atomic E-state index is 0.106. The normalized spacial score (nSPS) is 14.1. The molecule has 296 valence electrons. The van der Waals surface area contributed by atoms with Gasteiger partial charge in [-0.1, -0.05) is 179 Å².